The third-order valence-electron chi connectivity index (χ3n) is 2.97. The minimum absolute atomic E-state index is 0.708. The number of nitrogens with zero attached hydrogens (tertiary/aromatic N) is 3. The van der Waals surface area contributed by atoms with Crippen LogP contribution >= 0.6 is 0 Å². The fraction of sp³-hybridized carbons (Fsp3) is 0.333. The highest BCUT2D eigenvalue weighted by Crippen LogP contribution is 2.32. The Morgan fingerprint density at radius 3 is 2.94 bits per heavy atom. The molecule has 1 saturated carbocycles. The number of aromatic nitrogens is 3. The first-order valence-corrected chi connectivity index (χ1v) is 5.56. The highest BCUT2D eigenvalue weighted by Gasteiger charge is 2.23. The van der Waals surface area contributed by atoms with Gasteiger partial charge in [0.05, 0.1) is 17.6 Å². The SMILES string of the molecule is Nc1cnccc1-c1ccnn1CC1CC1. The minimum atomic E-state index is 0.708. The van der Waals surface area contributed by atoms with Gasteiger partial charge in [-0.25, -0.2) is 0 Å². The first-order chi connectivity index (χ1) is 7.84. The fourth-order valence-corrected chi connectivity index (χ4v) is 1.89. The second kappa shape index (κ2) is 3.63. The summed E-state index contributed by atoms with van der Waals surface area (Å²) in [6.45, 7) is 1.00. The Kier molecular flexibility index (Phi) is 2.13. The summed E-state index contributed by atoms with van der Waals surface area (Å²) >= 11 is 0. The van der Waals surface area contributed by atoms with E-state index in [1.165, 1.54) is 12.8 Å². The Morgan fingerprint density at radius 2 is 2.19 bits per heavy atom. The van der Waals surface area contributed by atoms with E-state index in [4.69, 9.17) is 5.73 Å². The molecule has 4 nitrogen and oxygen atoms in total. The lowest BCUT2D eigenvalue weighted by atomic mass is 10.1. The van der Waals surface area contributed by atoms with Gasteiger partial charge in [-0.15, -0.1) is 0 Å². The van der Waals surface area contributed by atoms with Gasteiger partial charge in [-0.3, -0.25) is 9.67 Å². The van der Waals surface area contributed by atoms with Crippen molar-refractivity contribution in [2.24, 2.45) is 5.92 Å². The molecule has 1 aliphatic rings. The largest absolute Gasteiger partial charge is 0.397 e. The second-order valence-electron chi connectivity index (χ2n) is 4.30. The average molecular weight is 214 g/mol. The van der Waals surface area contributed by atoms with E-state index in [-0.39, 0.29) is 0 Å². The first-order valence-electron chi connectivity index (χ1n) is 5.56. The molecule has 0 aliphatic heterocycles. The molecule has 2 aromatic rings. The number of rotatable bonds is 3. The van der Waals surface area contributed by atoms with E-state index in [9.17, 15) is 0 Å². The van der Waals surface area contributed by atoms with Crippen molar-refractivity contribution in [1.29, 1.82) is 0 Å². The summed E-state index contributed by atoms with van der Waals surface area (Å²) in [6, 6.07) is 3.95. The van der Waals surface area contributed by atoms with Gasteiger partial charge in [0, 0.05) is 24.5 Å². The molecule has 0 bridgehead atoms. The Morgan fingerprint density at radius 1 is 1.31 bits per heavy atom. The maximum absolute atomic E-state index is 5.92. The molecule has 0 radical (unpaired) electrons. The van der Waals surface area contributed by atoms with E-state index in [2.05, 4.69) is 10.1 Å². The van der Waals surface area contributed by atoms with Gasteiger partial charge in [-0.05, 0) is 30.9 Å². The summed E-state index contributed by atoms with van der Waals surface area (Å²) in [6.07, 6.45) is 7.93. The van der Waals surface area contributed by atoms with Crippen molar-refractivity contribution in [1.82, 2.24) is 14.8 Å². The average Bonchev–Trinajstić information content (AvgIpc) is 2.97. The molecule has 0 amide bonds. The Bertz CT molecular complexity index is 499. The van der Waals surface area contributed by atoms with Crippen molar-refractivity contribution < 1.29 is 0 Å². The van der Waals surface area contributed by atoms with Crippen LogP contribution < -0.4 is 5.73 Å². The smallest absolute Gasteiger partial charge is 0.0704 e. The van der Waals surface area contributed by atoms with Gasteiger partial charge >= 0.3 is 0 Å². The molecule has 2 aromatic heterocycles. The normalized spacial score (nSPS) is 15.2. The van der Waals surface area contributed by atoms with Crippen LogP contribution in [-0.2, 0) is 6.54 Å². The quantitative estimate of drug-likeness (QED) is 0.849. The molecule has 1 aliphatic carbocycles. The Balaban J connectivity index is 1.99. The predicted octanol–water partition coefficient (Wildman–Crippen LogP) is 1.94. The number of nitrogen functional groups attached to an aromatic ring is 1. The summed E-state index contributed by atoms with van der Waals surface area (Å²) in [5.41, 5.74) is 8.74. The molecule has 0 aromatic carbocycles. The van der Waals surface area contributed by atoms with Crippen LogP contribution in [0.25, 0.3) is 11.3 Å². The summed E-state index contributed by atoms with van der Waals surface area (Å²) in [4.78, 5) is 4.00. The van der Waals surface area contributed by atoms with Gasteiger partial charge in [-0.2, -0.15) is 5.10 Å². The van der Waals surface area contributed by atoms with Crippen LogP contribution in [0.1, 0.15) is 12.8 Å². The Labute approximate surface area is 94.1 Å². The molecule has 0 atom stereocenters. The highest BCUT2D eigenvalue weighted by atomic mass is 15.3. The third-order valence-corrected chi connectivity index (χ3v) is 2.97. The molecular weight excluding hydrogens is 200 g/mol. The number of hydrogen-bond donors (Lipinski definition) is 1. The lowest BCUT2D eigenvalue weighted by Gasteiger charge is -2.08. The van der Waals surface area contributed by atoms with E-state index >= 15 is 0 Å². The molecule has 0 saturated heterocycles. The molecule has 0 unspecified atom stereocenters. The molecule has 2 heterocycles. The lowest BCUT2D eigenvalue weighted by Crippen LogP contribution is -2.04. The molecule has 4 heteroatoms. The number of nitrogens with two attached hydrogens (primary N) is 1. The van der Waals surface area contributed by atoms with Crippen molar-refractivity contribution in [3.8, 4) is 11.3 Å². The van der Waals surface area contributed by atoms with Crippen LogP contribution in [0.3, 0.4) is 0 Å². The van der Waals surface area contributed by atoms with E-state index < -0.39 is 0 Å². The van der Waals surface area contributed by atoms with Crippen LogP contribution in [0.5, 0.6) is 0 Å². The minimum Gasteiger partial charge on any atom is -0.397 e. The summed E-state index contributed by atoms with van der Waals surface area (Å²) in [5.74, 6) is 0.807. The van der Waals surface area contributed by atoms with Gasteiger partial charge in [-0.1, -0.05) is 0 Å². The fourth-order valence-electron chi connectivity index (χ4n) is 1.89. The van der Waals surface area contributed by atoms with Crippen molar-refractivity contribution in [2.75, 3.05) is 5.73 Å². The van der Waals surface area contributed by atoms with E-state index in [0.717, 1.165) is 23.7 Å². The predicted molar refractivity (Wildman–Crippen MR) is 62.6 cm³/mol. The van der Waals surface area contributed by atoms with Gasteiger partial charge in [0.15, 0.2) is 0 Å². The van der Waals surface area contributed by atoms with Crippen molar-refractivity contribution in [3.05, 3.63) is 30.7 Å². The van der Waals surface area contributed by atoms with Crippen molar-refractivity contribution >= 4 is 5.69 Å². The number of pyridine rings is 1. The van der Waals surface area contributed by atoms with Crippen LogP contribution in [0.2, 0.25) is 0 Å². The van der Waals surface area contributed by atoms with Crippen LogP contribution in [0, 0.1) is 5.92 Å². The molecule has 16 heavy (non-hydrogen) atoms. The van der Waals surface area contributed by atoms with Gasteiger partial charge < -0.3 is 5.73 Å². The monoisotopic (exact) mass is 214 g/mol. The topological polar surface area (TPSA) is 56.7 Å². The highest BCUT2D eigenvalue weighted by molar-refractivity contribution is 5.72. The third kappa shape index (κ3) is 1.66. The first kappa shape index (κ1) is 9.39. The van der Waals surface area contributed by atoms with E-state index in [1.54, 1.807) is 12.4 Å². The van der Waals surface area contributed by atoms with Crippen LogP contribution in [-0.4, -0.2) is 14.8 Å². The zero-order chi connectivity index (χ0) is 11.0. The number of anilines is 1. The second-order valence-corrected chi connectivity index (χ2v) is 4.30. The van der Waals surface area contributed by atoms with E-state index in [1.807, 2.05) is 23.0 Å². The molecule has 1 fully saturated rings. The Hall–Kier alpha value is -1.84. The zero-order valence-corrected chi connectivity index (χ0v) is 9.00. The van der Waals surface area contributed by atoms with Gasteiger partial charge in [0.25, 0.3) is 0 Å². The maximum Gasteiger partial charge on any atom is 0.0704 e. The van der Waals surface area contributed by atoms with Crippen LogP contribution in [0.15, 0.2) is 30.7 Å². The molecule has 0 spiro atoms. The summed E-state index contributed by atoms with van der Waals surface area (Å²) in [5, 5.41) is 4.35. The van der Waals surface area contributed by atoms with Gasteiger partial charge in [0.2, 0.25) is 0 Å². The molecule has 2 N–H and O–H groups in total. The number of hydrogen-bond acceptors (Lipinski definition) is 3. The summed E-state index contributed by atoms with van der Waals surface area (Å²) in [7, 11) is 0. The maximum atomic E-state index is 5.92. The van der Waals surface area contributed by atoms with E-state index in [0.29, 0.717) is 5.69 Å². The molecular formula is C12H14N4. The zero-order valence-electron chi connectivity index (χ0n) is 9.00. The van der Waals surface area contributed by atoms with Gasteiger partial charge in [0.1, 0.15) is 0 Å². The molecule has 3 rings (SSSR count). The lowest BCUT2D eigenvalue weighted by molar-refractivity contribution is 0.569. The molecule has 82 valence electrons. The van der Waals surface area contributed by atoms with Crippen molar-refractivity contribution in [2.45, 2.75) is 19.4 Å². The standard InChI is InChI=1S/C12H14N4/c13-11-7-14-5-3-10(11)12-4-6-15-16(12)8-9-1-2-9/h3-7,9H,1-2,8,13H2. The van der Waals surface area contributed by atoms with Crippen LogP contribution in [0.4, 0.5) is 5.69 Å². The van der Waals surface area contributed by atoms with Crippen molar-refractivity contribution in [3.63, 3.8) is 0 Å². The summed E-state index contributed by atoms with van der Waals surface area (Å²) < 4.78 is 2.04.